The largest absolute Gasteiger partial charge is 0.370 e. The van der Waals surface area contributed by atoms with Gasteiger partial charge in [0, 0.05) is 20.6 Å². The van der Waals surface area contributed by atoms with Gasteiger partial charge in [-0.15, -0.1) is 0 Å². The van der Waals surface area contributed by atoms with Crippen LogP contribution < -0.4 is 5.73 Å². The average Bonchev–Trinajstić information content (AvgIpc) is 2.95. The molecule has 2 aromatic carbocycles. The minimum absolute atomic E-state index is 0.280. The van der Waals surface area contributed by atoms with Crippen LogP contribution in [0.25, 0.3) is 10.8 Å². The molecule has 1 saturated heterocycles. The van der Waals surface area contributed by atoms with Crippen molar-refractivity contribution in [3.8, 4) is 0 Å². The number of carbonyl (C=O) groups excluding carboxylic acids is 2. The van der Waals surface area contributed by atoms with Crippen molar-refractivity contribution in [3.05, 3.63) is 48.0 Å². The van der Waals surface area contributed by atoms with E-state index in [2.05, 4.69) is 23.2 Å². The summed E-state index contributed by atoms with van der Waals surface area (Å²) in [6.45, 7) is 0.458. The van der Waals surface area contributed by atoms with E-state index in [9.17, 15) is 9.59 Å². The van der Waals surface area contributed by atoms with E-state index in [4.69, 9.17) is 5.73 Å². The molecular formula is C18H19N5O2. The third-order valence-electron chi connectivity index (χ3n) is 4.97. The lowest BCUT2D eigenvalue weighted by Gasteiger charge is -2.39. The van der Waals surface area contributed by atoms with E-state index in [1.54, 1.807) is 11.9 Å². The number of benzene rings is 2. The van der Waals surface area contributed by atoms with Crippen molar-refractivity contribution in [1.29, 1.82) is 0 Å². The molecule has 25 heavy (non-hydrogen) atoms. The molecule has 1 fully saturated rings. The van der Waals surface area contributed by atoms with Gasteiger partial charge in [-0.05, 0) is 16.3 Å². The van der Waals surface area contributed by atoms with Crippen LogP contribution in [0.4, 0.5) is 4.79 Å². The van der Waals surface area contributed by atoms with Gasteiger partial charge in [-0.1, -0.05) is 42.5 Å². The fourth-order valence-electron chi connectivity index (χ4n) is 3.58. The standard InChI is InChI=1S/C18H19N5O2/c1-21-15-14(16(24)22(2)18(21)25)23(17(19)20-15)10-12-8-5-7-11-6-3-4-9-13(11)12/h3-9,14-15H,10H2,1-2H3,(H2,19,20). The van der Waals surface area contributed by atoms with Crippen molar-refractivity contribution < 1.29 is 9.59 Å². The fourth-order valence-corrected chi connectivity index (χ4v) is 3.58. The van der Waals surface area contributed by atoms with Gasteiger partial charge in [0.15, 0.2) is 18.2 Å². The Morgan fingerprint density at radius 1 is 1.08 bits per heavy atom. The van der Waals surface area contributed by atoms with Crippen LogP contribution in [0, 0.1) is 0 Å². The molecule has 2 heterocycles. The summed E-state index contributed by atoms with van der Waals surface area (Å²) in [4.78, 5) is 33.5. The molecule has 2 aromatic rings. The summed E-state index contributed by atoms with van der Waals surface area (Å²) >= 11 is 0. The predicted molar refractivity (Wildman–Crippen MR) is 94.6 cm³/mol. The van der Waals surface area contributed by atoms with Gasteiger partial charge in [0.25, 0.3) is 5.91 Å². The summed E-state index contributed by atoms with van der Waals surface area (Å²) in [5, 5.41) is 2.24. The second-order valence-electron chi connectivity index (χ2n) is 6.40. The predicted octanol–water partition coefficient (Wildman–Crippen LogP) is 1.19. The first-order chi connectivity index (χ1) is 12.0. The van der Waals surface area contributed by atoms with E-state index in [1.807, 2.05) is 24.3 Å². The Bertz CT molecular complexity index is 904. The van der Waals surface area contributed by atoms with Crippen LogP contribution in [0.1, 0.15) is 5.56 Å². The zero-order chi connectivity index (χ0) is 17.7. The molecule has 0 bridgehead atoms. The topological polar surface area (TPSA) is 82.2 Å². The number of nitrogens with zero attached hydrogens (tertiary/aromatic N) is 4. The molecule has 0 saturated carbocycles. The second kappa shape index (κ2) is 5.47. The summed E-state index contributed by atoms with van der Waals surface area (Å²) in [5.41, 5.74) is 7.18. The Kier molecular flexibility index (Phi) is 3.38. The number of guanidine groups is 1. The van der Waals surface area contributed by atoms with E-state index < -0.39 is 12.2 Å². The Hall–Kier alpha value is -3.09. The smallest absolute Gasteiger partial charge is 0.328 e. The molecule has 4 rings (SSSR count). The number of amides is 3. The van der Waals surface area contributed by atoms with Crippen molar-refractivity contribution in [2.45, 2.75) is 18.8 Å². The molecule has 0 aromatic heterocycles. The summed E-state index contributed by atoms with van der Waals surface area (Å²) in [6.07, 6.45) is -0.578. The maximum Gasteiger partial charge on any atom is 0.328 e. The Morgan fingerprint density at radius 3 is 2.60 bits per heavy atom. The van der Waals surface area contributed by atoms with Crippen LogP contribution in [0.3, 0.4) is 0 Å². The minimum Gasteiger partial charge on any atom is -0.370 e. The summed E-state index contributed by atoms with van der Waals surface area (Å²) in [6, 6.07) is 13.2. The number of hydrogen-bond donors (Lipinski definition) is 1. The highest BCUT2D eigenvalue weighted by atomic mass is 16.2. The van der Waals surface area contributed by atoms with Gasteiger partial charge in [0.2, 0.25) is 0 Å². The van der Waals surface area contributed by atoms with E-state index in [0.717, 1.165) is 21.2 Å². The number of fused-ring (bicyclic) bond motifs is 2. The number of aliphatic imine (C=N–C) groups is 1. The highest BCUT2D eigenvalue weighted by Gasteiger charge is 2.50. The highest BCUT2D eigenvalue weighted by Crippen LogP contribution is 2.29. The molecular weight excluding hydrogens is 318 g/mol. The molecule has 0 aliphatic carbocycles. The van der Waals surface area contributed by atoms with Crippen LogP contribution in [-0.2, 0) is 11.3 Å². The number of likely N-dealkylation sites (N-methyl/N-ethyl adjacent to an activating group) is 2. The van der Waals surface area contributed by atoms with Crippen LogP contribution in [0.15, 0.2) is 47.5 Å². The first kappa shape index (κ1) is 15.4. The molecule has 2 aliphatic heterocycles. The summed E-state index contributed by atoms with van der Waals surface area (Å²) in [5.74, 6) is 0.00349. The number of hydrogen-bond acceptors (Lipinski definition) is 5. The Labute approximate surface area is 145 Å². The summed E-state index contributed by atoms with van der Waals surface area (Å²) in [7, 11) is 3.13. The molecule has 2 aliphatic rings. The first-order valence-electron chi connectivity index (χ1n) is 8.10. The molecule has 3 amide bonds. The normalized spacial score (nSPS) is 23.3. The van der Waals surface area contributed by atoms with Gasteiger partial charge in [0.05, 0.1) is 0 Å². The molecule has 0 spiro atoms. The molecule has 2 unspecified atom stereocenters. The lowest BCUT2D eigenvalue weighted by Crippen LogP contribution is -2.64. The molecule has 7 nitrogen and oxygen atoms in total. The number of carbonyl (C=O) groups is 2. The third-order valence-corrected chi connectivity index (χ3v) is 4.97. The van der Waals surface area contributed by atoms with Crippen molar-refractivity contribution in [3.63, 3.8) is 0 Å². The lowest BCUT2D eigenvalue weighted by molar-refractivity contribution is -0.136. The first-order valence-corrected chi connectivity index (χ1v) is 8.10. The van der Waals surface area contributed by atoms with Gasteiger partial charge in [-0.2, -0.15) is 0 Å². The van der Waals surface area contributed by atoms with Crippen LogP contribution in [-0.4, -0.2) is 58.9 Å². The Morgan fingerprint density at radius 2 is 1.80 bits per heavy atom. The van der Waals surface area contributed by atoms with E-state index in [1.165, 1.54) is 11.9 Å². The van der Waals surface area contributed by atoms with Gasteiger partial charge in [-0.3, -0.25) is 9.69 Å². The van der Waals surface area contributed by atoms with Crippen LogP contribution >= 0.6 is 0 Å². The van der Waals surface area contributed by atoms with Gasteiger partial charge < -0.3 is 15.5 Å². The quantitative estimate of drug-likeness (QED) is 0.892. The van der Waals surface area contributed by atoms with Gasteiger partial charge in [-0.25, -0.2) is 9.79 Å². The van der Waals surface area contributed by atoms with E-state index >= 15 is 0 Å². The lowest BCUT2D eigenvalue weighted by atomic mass is 10.0. The number of nitrogens with two attached hydrogens (primary N) is 1. The zero-order valence-electron chi connectivity index (χ0n) is 14.1. The Balaban J connectivity index is 1.72. The molecule has 128 valence electrons. The van der Waals surface area contributed by atoms with E-state index in [-0.39, 0.29) is 17.9 Å². The summed E-state index contributed by atoms with van der Waals surface area (Å²) < 4.78 is 0. The number of imide groups is 1. The molecule has 2 N–H and O–H groups in total. The monoisotopic (exact) mass is 337 g/mol. The second-order valence-corrected chi connectivity index (χ2v) is 6.40. The zero-order valence-corrected chi connectivity index (χ0v) is 14.1. The van der Waals surface area contributed by atoms with Crippen LogP contribution in [0.2, 0.25) is 0 Å². The van der Waals surface area contributed by atoms with Crippen molar-refractivity contribution in [2.75, 3.05) is 14.1 Å². The fraction of sp³-hybridized carbons (Fsp3) is 0.278. The molecule has 2 atom stereocenters. The molecule has 0 radical (unpaired) electrons. The van der Waals surface area contributed by atoms with Gasteiger partial charge >= 0.3 is 6.03 Å². The van der Waals surface area contributed by atoms with Crippen molar-refractivity contribution >= 4 is 28.7 Å². The number of rotatable bonds is 2. The maximum absolute atomic E-state index is 12.7. The van der Waals surface area contributed by atoms with E-state index in [0.29, 0.717) is 6.54 Å². The number of urea groups is 1. The van der Waals surface area contributed by atoms with Crippen LogP contribution in [0.5, 0.6) is 0 Å². The average molecular weight is 337 g/mol. The van der Waals surface area contributed by atoms with Crippen molar-refractivity contribution in [2.24, 2.45) is 10.7 Å². The SMILES string of the molecule is CN1C(=O)C2C(N=C(N)N2Cc2cccc3ccccc23)N(C)C1=O. The van der Waals surface area contributed by atoms with Crippen molar-refractivity contribution in [1.82, 2.24) is 14.7 Å². The maximum atomic E-state index is 12.7. The minimum atomic E-state index is -0.591. The highest BCUT2D eigenvalue weighted by molar-refractivity contribution is 6.03. The third kappa shape index (κ3) is 2.23. The molecule has 7 heteroatoms. The van der Waals surface area contributed by atoms with Gasteiger partial charge in [0.1, 0.15) is 0 Å².